The molecule has 2 aliphatic rings. The van der Waals surface area contributed by atoms with Crippen LogP contribution in [0.4, 0.5) is 5.69 Å². The number of rotatable bonds is 4. The number of amides is 1. The molecule has 1 saturated heterocycles. The van der Waals surface area contributed by atoms with Crippen LogP contribution in [0.5, 0.6) is 5.88 Å². The van der Waals surface area contributed by atoms with Gasteiger partial charge in [0.25, 0.3) is 5.91 Å². The van der Waals surface area contributed by atoms with Gasteiger partial charge in [0.05, 0.1) is 13.7 Å². The van der Waals surface area contributed by atoms with Crippen molar-refractivity contribution in [1.29, 1.82) is 0 Å². The molecule has 1 aromatic heterocycles. The zero-order valence-corrected chi connectivity index (χ0v) is 21.0. The molecule has 4 rings (SSSR count). The summed E-state index contributed by atoms with van der Waals surface area (Å²) < 4.78 is 11.2. The Morgan fingerprint density at radius 3 is 2.74 bits per heavy atom. The number of fused-ring (bicyclic) bond motifs is 2. The van der Waals surface area contributed by atoms with Crippen LogP contribution in [0.25, 0.3) is 0 Å². The van der Waals surface area contributed by atoms with E-state index in [1.165, 1.54) is 11.3 Å². The Labute approximate surface area is 203 Å². The first-order valence-electron chi connectivity index (χ1n) is 12.4. The van der Waals surface area contributed by atoms with E-state index in [9.17, 15) is 4.79 Å². The van der Waals surface area contributed by atoms with Crippen molar-refractivity contribution >= 4 is 11.6 Å². The fourth-order valence-electron chi connectivity index (χ4n) is 5.25. The van der Waals surface area contributed by atoms with Crippen LogP contribution in [0.3, 0.4) is 0 Å². The van der Waals surface area contributed by atoms with Gasteiger partial charge in [-0.25, -0.2) is 4.98 Å². The summed E-state index contributed by atoms with van der Waals surface area (Å²) in [6.07, 6.45) is 9.08. The topological polar surface area (TPSA) is 54.9 Å². The molecule has 3 heterocycles. The Kier molecular flexibility index (Phi) is 7.88. The van der Waals surface area contributed by atoms with Crippen molar-refractivity contribution in [3.05, 3.63) is 64.4 Å². The average molecular weight is 464 g/mol. The van der Waals surface area contributed by atoms with Gasteiger partial charge in [-0.1, -0.05) is 18.2 Å². The second-order valence-corrected chi connectivity index (χ2v) is 9.22. The molecular formula is C28H37N3O3. The molecule has 0 unspecified atom stereocenters. The zero-order chi connectivity index (χ0) is 24.1. The molecule has 0 radical (unpaired) electrons. The molecular weight excluding hydrogens is 426 g/mol. The lowest BCUT2D eigenvalue weighted by Crippen LogP contribution is -2.40. The molecule has 2 aliphatic heterocycles. The SMILES string of the molecule is CCN(c1cccc2c1C/C=C/CCc1cc(C)nc(OC)c1CN(C)C2=O)C1CCOCC1. The van der Waals surface area contributed by atoms with Crippen LogP contribution in [0.2, 0.25) is 0 Å². The van der Waals surface area contributed by atoms with Gasteiger partial charge in [0.1, 0.15) is 0 Å². The predicted molar refractivity (Wildman–Crippen MR) is 136 cm³/mol. The molecule has 0 aliphatic carbocycles. The summed E-state index contributed by atoms with van der Waals surface area (Å²) in [5.74, 6) is 0.642. The summed E-state index contributed by atoms with van der Waals surface area (Å²) in [5, 5.41) is 0. The number of hydrogen-bond donors (Lipinski definition) is 0. The van der Waals surface area contributed by atoms with Crippen molar-refractivity contribution in [2.24, 2.45) is 0 Å². The van der Waals surface area contributed by atoms with Crippen LogP contribution >= 0.6 is 0 Å². The van der Waals surface area contributed by atoms with Gasteiger partial charge in [-0.2, -0.15) is 0 Å². The molecule has 0 atom stereocenters. The number of aryl methyl sites for hydroxylation is 2. The van der Waals surface area contributed by atoms with Gasteiger partial charge < -0.3 is 19.3 Å². The van der Waals surface area contributed by atoms with Crippen molar-refractivity contribution in [2.45, 2.75) is 58.5 Å². The summed E-state index contributed by atoms with van der Waals surface area (Å²) in [5.41, 5.74) is 6.18. The Balaban J connectivity index is 1.75. The van der Waals surface area contributed by atoms with E-state index in [0.717, 1.165) is 74.2 Å². The molecule has 0 N–H and O–H groups in total. The fourth-order valence-corrected chi connectivity index (χ4v) is 5.25. The number of pyridine rings is 1. The first-order valence-corrected chi connectivity index (χ1v) is 12.4. The normalized spacial score (nSPS) is 18.4. The minimum Gasteiger partial charge on any atom is -0.481 e. The van der Waals surface area contributed by atoms with Crippen molar-refractivity contribution in [1.82, 2.24) is 9.88 Å². The monoisotopic (exact) mass is 463 g/mol. The van der Waals surface area contributed by atoms with Crippen molar-refractivity contribution in [3.8, 4) is 5.88 Å². The second kappa shape index (κ2) is 11.0. The van der Waals surface area contributed by atoms with E-state index >= 15 is 0 Å². The van der Waals surface area contributed by atoms with Gasteiger partial charge in [-0.3, -0.25) is 4.79 Å². The molecule has 182 valence electrons. The van der Waals surface area contributed by atoms with E-state index in [1.807, 2.05) is 26.1 Å². The lowest BCUT2D eigenvalue weighted by atomic mass is 9.96. The number of benzene rings is 1. The highest BCUT2D eigenvalue weighted by Crippen LogP contribution is 2.31. The average Bonchev–Trinajstić information content (AvgIpc) is 2.85. The van der Waals surface area contributed by atoms with Gasteiger partial charge in [0.15, 0.2) is 0 Å². The van der Waals surface area contributed by atoms with Crippen LogP contribution < -0.4 is 9.64 Å². The number of nitrogens with zero attached hydrogens (tertiary/aromatic N) is 3. The molecule has 1 amide bonds. The van der Waals surface area contributed by atoms with Crippen LogP contribution in [-0.4, -0.2) is 55.7 Å². The van der Waals surface area contributed by atoms with Gasteiger partial charge in [-0.15, -0.1) is 0 Å². The van der Waals surface area contributed by atoms with Gasteiger partial charge in [0.2, 0.25) is 5.88 Å². The summed E-state index contributed by atoms with van der Waals surface area (Å²) in [7, 11) is 3.52. The maximum absolute atomic E-state index is 13.8. The maximum atomic E-state index is 13.8. The second-order valence-electron chi connectivity index (χ2n) is 9.22. The highest BCUT2D eigenvalue weighted by Gasteiger charge is 2.26. The molecule has 0 bridgehead atoms. The van der Waals surface area contributed by atoms with E-state index in [2.05, 4.69) is 41.1 Å². The Hall–Kier alpha value is -2.86. The number of ether oxygens (including phenoxy) is 2. The summed E-state index contributed by atoms with van der Waals surface area (Å²) in [6.45, 7) is 7.16. The fraction of sp³-hybridized carbons (Fsp3) is 0.500. The summed E-state index contributed by atoms with van der Waals surface area (Å²) in [4.78, 5) is 22.6. The molecule has 1 fully saturated rings. The van der Waals surface area contributed by atoms with Gasteiger partial charge >= 0.3 is 0 Å². The first-order chi connectivity index (χ1) is 16.5. The third-order valence-electron chi connectivity index (χ3n) is 6.97. The quantitative estimate of drug-likeness (QED) is 0.614. The summed E-state index contributed by atoms with van der Waals surface area (Å²) >= 11 is 0. The minimum absolute atomic E-state index is 0.0300. The molecule has 34 heavy (non-hydrogen) atoms. The largest absolute Gasteiger partial charge is 0.481 e. The van der Waals surface area contributed by atoms with E-state index in [0.29, 0.717) is 18.5 Å². The van der Waals surface area contributed by atoms with Crippen LogP contribution in [0.1, 0.15) is 58.9 Å². The molecule has 6 nitrogen and oxygen atoms in total. The Morgan fingerprint density at radius 1 is 1.21 bits per heavy atom. The third kappa shape index (κ3) is 5.12. The highest BCUT2D eigenvalue weighted by atomic mass is 16.5. The number of methoxy groups -OCH3 is 1. The van der Waals surface area contributed by atoms with Crippen LogP contribution in [0, 0.1) is 6.92 Å². The number of carbonyl (C=O) groups excluding carboxylic acids is 1. The maximum Gasteiger partial charge on any atom is 0.254 e. The molecule has 2 aromatic rings. The van der Waals surface area contributed by atoms with E-state index < -0.39 is 0 Å². The predicted octanol–water partition coefficient (Wildman–Crippen LogP) is 4.72. The van der Waals surface area contributed by atoms with E-state index in [-0.39, 0.29) is 5.91 Å². The molecule has 1 aromatic carbocycles. The number of anilines is 1. The third-order valence-corrected chi connectivity index (χ3v) is 6.97. The van der Waals surface area contributed by atoms with Crippen LogP contribution in [-0.2, 0) is 24.1 Å². The van der Waals surface area contributed by atoms with Crippen molar-refractivity contribution in [3.63, 3.8) is 0 Å². The minimum atomic E-state index is 0.0300. The van der Waals surface area contributed by atoms with Gasteiger partial charge in [0, 0.05) is 55.4 Å². The molecule has 6 heteroatoms. The lowest BCUT2D eigenvalue weighted by Gasteiger charge is -2.37. The highest BCUT2D eigenvalue weighted by molar-refractivity contribution is 5.97. The lowest BCUT2D eigenvalue weighted by molar-refractivity contribution is 0.0781. The number of aromatic nitrogens is 1. The molecule has 0 saturated carbocycles. The van der Waals surface area contributed by atoms with E-state index in [4.69, 9.17) is 9.47 Å². The number of allylic oxidation sites excluding steroid dienone is 2. The Bertz CT molecular complexity index is 1040. The van der Waals surface area contributed by atoms with Crippen molar-refractivity contribution < 1.29 is 14.3 Å². The standard InChI is InChI=1S/C28H37N3O3/c1-5-31(22-14-16-34-17-15-22)26-13-9-12-24-23(26)11-8-6-7-10-21-18-20(2)29-27(33-4)25(21)19-30(3)28(24)32/h6,8-9,12-13,18,22H,5,7,10-11,14-17,19H2,1-4H3/b8-6+. The zero-order valence-electron chi connectivity index (χ0n) is 21.0. The van der Waals surface area contributed by atoms with E-state index in [1.54, 1.807) is 12.0 Å². The summed E-state index contributed by atoms with van der Waals surface area (Å²) in [6, 6.07) is 8.73. The number of hydrogen-bond acceptors (Lipinski definition) is 5. The van der Waals surface area contributed by atoms with Gasteiger partial charge in [-0.05, 0) is 75.3 Å². The first kappa shape index (κ1) is 24.3. The van der Waals surface area contributed by atoms with Crippen molar-refractivity contribution in [2.75, 3.05) is 38.8 Å². The molecule has 0 spiro atoms. The van der Waals surface area contributed by atoms with Crippen LogP contribution in [0.15, 0.2) is 36.4 Å². The number of carbonyl (C=O) groups is 1. The Morgan fingerprint density at radius 2 is 2.00 bits per heavy atom. The smallest absolute Gasteiger partial charge is 0.254 e.